The van der Waals surface area contributed by atoms with Crippen LogP contribution in [0.15, 0.2) is 0 Å². The maximum atomic E-state index is 6.34. The summed E-state index contributed by atoms with van der Waals surface area (Å²) in [4.78, 5) is 2.38. The van der Waals surface area contributed by atoms with Crippen molar-refractivity contribution >= 4 is 0 Å². The maximum absolute atomic E-state index is 6.34. The fraction of sp³-hybridized carbons (Fsp3) is 1.00. The SMILES string of the molecule is CCCCCN(C)CC1(N)CCOCC1. The third kappa shape index (κ3) is 4.96. The van der Waals surface area contributed by atoms with Crippen molar-refractivity contribution in [1.82, 2.24) is 4.90 Å². The van der Waals surface area contributed by atoms with Gasteiger partial charge in [0.05, 0.1) is 0 Å². The van der Waals surface area contributed by atoms with Gasteiger partial charge in [0.2, 0.25) is 0 Å². The number of rotatable bonds is 6. The number of hydrogen-bond acceptors (Lipinski definition) is 3. The fourth-order valence-corrected chi connectivity index (χ4v) is 2.18. The van der Waals surface area contributed by atoms with E-state index in [1.165, 1.54) is 25.8 Å². The lowest BCUT2D eigenvalue weighted by atomic mass is 9.91. The minimum atomic E-state index is -0.000779. The molecule has 15 heavy (non-hydrogen) atoms. The molecule has 0 aliphatic carbocycles. The van der Waals surface area contributed by atoms with Gasteiger partial charge in [0.1, 0.15) is 0 Å². The van der Waals surface area contributed by atoms with Crippen LogP contribution in [0.3, 0.4) is 0 Å². The summed E-state index contributed by atoms with van der Waals surface area (Å²) >= 11 is 0. The van der Waals surface area contributed by atoms with Gasteiger partial charge in [-0.05, 0) is 32.9 Å². The topological polar surface area (TPSA) is 38.5 Å². The van der Waals surface area contributed by atoms with Gasteiger partial charge in [0.25, 0.3) is 0 Å². The van der Waals surface area contributed by atoms with E-state index in [9.17, 15) is 0 Å². The Morgan fingerprint density at radius 3 is 2.53 bits per heavy atom. The van der Waals surface area contributed by atoms with E-state index in [2.05, 4.69) is 18.9 Å². The van der Waals surface area contributed by atoms with Crippen LogP contribution in [-0.4, -0.2) is 43.8 Å². The van der Waals surface area contributed by atoms with Crippen molar-refractivity contribution in [2.45, 2.75) is 44.6 Å². The molecule has 1 rings (SSSR count). The summed E-state index contributed by atoms with van der Waals surface area (Å²) < 4.78 is 5.35. The average Bonchev–Trinajstić information content (AvgIpc) is 2.18. The predicted octanol–water partition coefficient (Wildman–Crippen LogP) is 1.62. The van der Waals surface area contributed by atoms with Crippen LogP contribution >= 0.6 is 0 Å². The van der Waals surface area contributed by atoms with Crippen molar-refractivity contribution in [2.75, 3.05) is 33.4 Å². The van der Waals surface area contributed by atoms with E-state index in [4.69, 9.17) is 10.5 Å². The zero-order valence-corrected chi connectivity index (χ0v) is 10.3. The van der Waals surface area contributed by atoms with Gasteiger partial charge in [0.15, 0.2) is 0 Å². The molecule has 0 aromatic carbocycles. The first kappa shape index (κ1) is 12.9. The molecule has 0 unspecified atom stereocenters. The second-order valence-corrected chi connectivity index (χ2v) is 4.92. The molecule has 3 nitrogen and oxygen atoms in total. The average molecular weight is 214 g/mol. The van der Waals surface area contributed by atoms with Crippen molar-refractivity contribution in [3.05, 3.63) is 0 Å². The van der Waals surface area contributed by atoms with E-state index in [0.717, 1.165) is 32.6 Å². The molecule has 0 amide bonds. The molecule has 0 aromatic heterocycles. The number of likely N-dealkylation sites (N-methyl/N-ethyl adjacent to an activating group) is 1. The normalized spacial score (nSPS) is 20.8. The van der Waals surface area contributed by atoms with Crippen molar-refractivity contribution in [3.8, 4) is 0 Å². The molecule has 1 fully saturated rings. The number of unbranched alkanes of at least 4 members (excludes halogenated alkanes) is 2. The molecular weight excluding hydrogens is 188 g/mol. The first-order valence-corrected chi connectivity index (χ1v) is 6.21. The number of ether oxygens (including phenoxy) is 1. The quantitative estimate of drug-likeness (QED) is 0.683. The molecule has 0 aromatic rings. The van der Waals surface area contributed by atoms with Gasteiger partial charge in [-0.3, -0.25) is 0 Å². The second-order valence-electron chi connectivity index (χ2n) is 4.92. The van der Waals surface area contributed by atoms with Crippen molar-refractivity contribution < 1.29 is 4.74 Å². The van der Waals surface area contributed by atoms with Crippen molar-refractivity contribution in [1.29, 1.82) is 0 Å². The Morgan fingerprint density at radius 2 is 1.93 bits per heavy atom. The lowest BCUT2D eigenvalue weighted by Gasteiger charge is -2.36. The lowest BCUT2D eigenvalue weighted by Crippen LogP contribution is -2.52. The first-order valence-electron chi connectivity index (χ1n) is 6.21. The second kappa shape index (κ2) is 6.46. The zero-order chi connectivity index (χ0) is 11.1. The molecule has 0 radical (unpaired) electrons. The summed E-state index contributed by atoms with van der Waals surface area (Å²) in [5, 5.41) is 0. The van der Waals surface area contributed by atoms with Crippen molar-refractivity contribution in [2.24, 2.45) is 5.73 Å². The molecular formula is C12H26N2O. The molecule has 0 bridgehead atoms. The fourth-order valence-electron chi connectivity index (χ4n) is 2.18. The Labute approximate surface area is 94.0 Å². The molecule has 90 valence electrons. The largest absolute Gasteiger partial charge is 0.381 e. The Hall–Kier alpha value is -0.120. The van der Waals surface area contributed by atoms with Gasteiger partial charge >= 0.3 is 0 Å². The molecule has 1 heterocycles. The lowest BCUT2D eigenvalue weighted by molar-refractivity contribution is 0.0409. The van der Waals surface area contributed by atoms with Crippen LogP contribution in [0.1, 0.15) is 39.0 Å². The summed E-state index contributed by atoms with van der Waals surface area (Å²) in [6.07, 6.45) is 5.91. The smallest absolute Gasteiger partial charge is 0.0484 e. The van der Waals surface area contributed by atoms with E-state index in [1.807, 2.05) is 0 Å². The van der Waals surface area contributed by atoms with E-state index < -0.39 is 0 Å². The summed E-state index contributed by atoms with van der Waals surface area (Å²) in [5.74, 6) is 0. The third-order valence-electron chi connectivity index (χ3n) is 3.22. The van der Waals surface area contributed by atoms with Crippen LogP contribution in [0, 0.1) is 0 Å². The first-order chi connectivity index (χ1) is 7.16. The molecule has 0 atom stereocenters. The number of hydrogen-bond donors (Lipinski definition) is 1. The van der Waals surface area contributed by atoms with E-state index in [1.54, 1.807) is 0 Å². The standard InChI is InChI=1S/C12H26N2O/c1-3-4-5-8-14(2)11-12(13)6-9-15-10-7-12/h3-11,13H2,1-2H3. The van der Waals surface area contributed by atoms with E-state index in [-0.39, 0.29) is 5.54 Å². The van der Waals surface area contributed by atoms with E-state index >= 15 is 0 Å². The monoisotopic (exact) mass is 214 g/mol. The van der Waals surface area contributed by atoms with Crippen LogP contribution < -0.4 is 5.73 Å². The molecule has 1 saturated heterocycles. The summed E-state index contributed by atoms with van der Waals surface area (Å²) in [7, 11) is 2.18. The molecule has 3 heteroatoms. The van der Waals surface area contributed by atoms with Gasteiger partial charge in [-0.25, -0.2) is 0 Å². The molecule has 1 aliphatic heterocycles. The Balaban J connectivity index is 2.20. The molecule has 1 aliphatic rings. The summed E-state index contributed by atoms with van der Waals surface area (Å²) in [6.45, 7) is 6.09. The minimum absolute atomic E-state index is 0.000779. The summed E-state index contributed by atoms with van der Waals surface area (Å²) in [6, 6.07) is 0. The predicted molar refractivity (Wildman–Crippen MR) is 64.0 cm³/mol. The highest BCUT2D eigenvalue weighted by Gasteiger charge is 2.28. The van der Waals surface area contributed by atoms with Gasteiger partial charge in [-0.2, -0.15) is 0 Å². The maximum Gasteiger partial charge on any atom is 0.0484 e. The van der Waals surface area contributed by atoms with Crippen molar-refractivity contribution in [3.63, 3.8) is 0 Å². The highest BCUT2D eigenvalue weighted by Crippen LogP contribution is 2.18. The van der Waals surface area contributed by atoms with Gasteiger partial charge < -0.3 is 15.4 Å². The summed E-state index contributed by atoms with van der Waals surface area (Å²) in [5.41, 5.74) is 6.34. The van der Waals surface area contributed by atoms with Gasteiger partial charge in [-0.1, -0.05) is 19.8 Å². The molecule has 2 N–H and O–H groups in total. The molecule has 0 saturated carbocycles. The van der Waals surface area contributed by atoms with E-state index in [0.29, 0.717) is 0 Å². The number of nitrogens with zero attached hydrogens (tertiary/aromatic N) is 1. The van der Waals surface area contributed by atoms with Gasteiger partial charge in [-0.15, -0.1) is 0 Å². The van der Waals surface area contributed by atoms with Crippen LogP contribution in [0.25, 0.3) is 0 Å². The van der Waals surface area contributed by atoms with Crippen LogP contribution in [-0.2, 0) is 4.74 Å². The van der Waals surface area contributed by atoms with Crippen LogP contribution in [0.2, 0.25) is 0 Å². The highest BCUT2D eigenvalue weighted by molar-refractivity contribution is 4.88. The highest BCUT2D eigenvalue weighted by atomic mass is 16.5. The third-order valence-corrected chi connectivity index (χ3v) is 3.22. The van der Waals surface area contributed by atoms with Crippen LogP contribution in [0.5, 0.6) is 0 Å². The van der Waals surface area contributed by atoms with Crippen LogP contribution in [0.4, 0.5) is 0 Å². The Morgan fingerprint density at radius 1 is 1.27 bits per heavy atom. The number of nitrogens with two attached hydrogens (primary N) is 1. The Bertz CT molecular complexity index is 167. The van der Waals surface area contributed by atoms with Gasteiger partial charge in [0, 0.05) is 25.3 Å². The zero-order valence-electron chi connectivity index (χ0n) is 10.3. The Kier molecular flexibility index (Phi) is 5.58. The minimum Gasteiger partial charge on any atom is -0.381 e. The molecule has 0 spiro atoms.